The third-order valence-electron chi connectivity index (χ3n) is 3.48. The molecule has 3 aromatic rings. The Bertz CT molecular complexity index is 749. The molecule has 0 bridgehead atoms. The van der Waals surface area contributed by atoms with Crippen molar-refractivity contribution in [1.82, 2.24) is 4.98 Å². The van der Waals surface area contributed by atoms with E-state index in [2.05, 4.69) is 58.2 Å². The van der Waals surface area contributed by atoms with Crippen molar-refractivity contribution < 1.29 is 0 Å². The van der Waals surface area contributed by atoms with Gasteiger partial charge in [0.2, 0.25) is 0 Å². The highest BCUT2D eigenvalue weighted by Gasteiger charge is 2.34. The zero-order chi connectivity index (χ0) is 13.4. The summed E-state index contributed by atoms with van der Waals surface area (Å²) in [5.41, 5.74) is 1.90. The molecule has 0 aliphatic carbocycles. The molecule has 4 rings (SSSR count). The third kappa shape index (κ3) is 1.72. The predicted octanol–water partition coefficient (Wildman–Crippen LogP) is 4.69. The van der Waals surface area contributed by atoms with E-state index in [1.807, 2.05) is 12.3 Å². The van der Waals surface area contributed by atoms with Gasteiger partial charge in [-0.1, -0.05) is 12.1 Å². The first-order chi connectivity index (χ1) is 9.88. The minimum absolute atomic E-state index is 0.371. The number of nitrogens with one attached hydrogen (secondary N) is 1. The number of nitrogens with zero attached hydrogens (tertiary/aromatic N) is 1. The van der Waals surface area contributed by atoms with Crippen molar-refractivity contribution in [2.75, 3.05) is 0 Å². The summed E-state index contributed by atoms with van der Waals surface area (Å²) < 4.78 is 0. The molecule has 0 spiro atoms. The summed E-state index contributed by atoms with van der Waals surface area (Å²) in [5.74, 6) is 0. The normalized spacial score (nSPS) is 20.8. The van der Waals surface area contributed by atoms with Crippen molar-refractivity contribution in [2.45, 2.75) is 5.54 Å². The summed E-state index contributed by atoms with van der Waals surface area (Å²) >= 11 is 3.48. The highest BCUT2D eigenvalue weighted by molar-refractivity contribution is 7.13. The molecule has 1 aliphatic heterocycles. The van der Waals surface area contributed by atoms with Crippen LogP contribution in [0.2, 0.25) is 0 Å². The van der Waals surface area contributed by atoms with Crippen LogP contribution < -0.4 is 0 Å². The van der Waals surface area contributed by atoms with Gasteiger partial charge in [-0.25, -0.2) is 0 Å². The van der Waals surface area contributed by atoms with E-state index >= 15 is 0 Å². The summed E-state index contributed by atoms with van der Waals surface area (Å²) in [5, 5.41) is 4.19. The Morgan fingerprint density at radius 3 is 2.60 bits per heavy atom. The molecule has 3 aromatic heterocycles. The molecule has 0 aromatic carbocycles. The fourth-order valence-corrected chi connectivity index (χ4v) is 4.09. The Balaban J connectivity index is 1.83. The van der Waals surface area contributed by atoms with Crippen molar-refractivity contribution in [3.05, 3.63) is 69.9 Å². The van der Waals surface area contributed by atoms with Crippen LogP contribution in [0.3, 0.4) is 0 Å². The smallest absolute Gasteiger partial charge is 0.153 e. The monoisotopic (exact) mass is 296 g/mol. The first kappa shape index (κ1) is 11.9. The van der Waals surface area contributed by atoms with Crippen LogP contribution in [0.1, 0.15) is 10.6 Å². The second-order valence-corrected chi connectivity index (χ2v) is 6.54. The Morgan fingerprint density at radius 2 is 1.90 bits per heavy atom. The summed E-state index contributed by atoms with van der Waals surface area (Å²) in [4.78, 5) is 10.8. The topological polar surface area (TPSA) is 28.1 Å². The fourth-order valence-electron chi connectivity index (χ4n) is 2.51. The molecule has 2 nitrogen and oxygen atoms in total. The molecule has 1 atom stereocenters. The van der Waals surface area contributed by atoms with Gasteiger partial charge in [0.15, 0.2) is 5.54 Å². The van der Waals surface area contributed by atoms with Crippen LogP contribution >= 0.6 is 22.7 Å². The molecule has 0 radical (unpaired) electrons. The summed E-state index contributed by atoms with van der Waals surface area (Å²) in [7, 11) is 0. The van der Waals surface area contributed by atoms with Crippen LogP contribution in [0.15, 0.2) is 64.3 Å². The van der Waals surface area contributed by atoms with Gasteiger partial charge in [-0.3, -0.25) is 4.99 Å². The van der Waals surface area contributed by atoms with Crippen molar-refractivity contribution in [2.24, 2.45) is 4.99 Å². The summed E-state index contributed by atoms with van der Waals surface area (Å²) in [6.07, 6.45) is 6.06. The van der Waals surface area contributed by atoms with E-state index in [9.17, 15) is 0 Å². The molecular weight excluding hydrogens is 284 g/mol. The molecule has 0 fully saturated rings. The van der Waals surface area contributed by atoms with Gasteiger partial charge >= 0.3 is 0 Å². The van der Waals surface area contributed by atoms with Gasteiger partial charge in [-0.2, -0.15) is 0 Å². The van der Waals surface area contributed by atoms with Gasteiger partial charge in [-0.15, -0.1) is 22.7 Å². The number of H-pyrrole nitrogens is 1. The number of thiophene rings is 2. The maximum absolute atomic E-state index is 4.72. The van der Waals surface area contributed by atoms with Crippen LogP contribution in [0.25, 0.3) is 10.6 Å². The first-order valence-electron chi connectivity index (χ1n) is 6.39. The number of hydrogen-bond acceptors (Lipinski definition) is 3. The van der Waals surface area contributed by atoms with Gasteiger partial charge in [0.05, 0.1) is 16.3 Å². The van der Waals surface area contributed by atoms with E-state index in [4.69, 9.17) is 4.99 Å². The van der Waals surface area contributed by atoms with Crippen LogP contribution in [0, 0.1) is 0 Å². The molecule has 0 amide bonds. The maximum Gasteiger partial charge on any atom is 0.153 e. The van der Waals surface area contributed by atoms with E-state index in [1.165, 1.54) is 9.75 Å². The second-order valence-electron chi connectivity index (χ2n) is 4.64. The molecule has 1 N–H and O–H groups in total. The van der Waals surface area contributed by atoms with Gasteiger partial charge in [0.1, 0.15) is 0 Å². The van der Waals surface area contributed by atoms with Crippen LogP contribution in [-0.2, 0) is 5.54 Å². The van der Waals surface area contributed by atoms with Gasteiger partial charge in [0.25, 0.3) is 0 Å². The number of aromatic nitrogens is 1. The molecule has 0 saturated heterocycles. The quantitative estimate of drug-likeness (QED) is 0.726. The summed E-state index contributed by atoms with van der Waals surface area (Å²) in [6.45, 7) is 0. The van der Waals surface area contributed by atoms with Crippen molar-refractivity contribution in [1.29, 1.82) is 0 Å². The van der Waals surface area contributed by atoms with Crippen molar-refractivity contribution in [3.8, 4) is 10.6 Å². The second kappa shape index (κ2) is 4.58. The van der Waals surface area contributed by atoms with Crippen molar-refractivity contribution in [3.63, 3.8) is 0 Å². The van der Waals surface area contributed by atoms with Crippen LogP contribution in [0.4, 0.5) is 0 Å². The van der Waals surface area contributed by atoms with Gasteiger partial charge < -0.3 is 4.98 Å². The minimum Gasteiger partial charge on any atom is -0.355 e. The standard InChI is InChI=1S/C16H12N2S2/c1-4-13(19-10-1)12-6-7-14(18-12)16(8-3-9-17-16)15-5-2-11-20-15/h1-11,18H. The van der Waals surface area contributed by atoms with E-state index in [-0.39, 0.29) is 5.54 Å². The van der Waals surface area contributed by atoms with E-state index in [0.29, 0.717) is 0 Å². The average Bonchev–Trinajstić information content (AvgIpc) is 3.22. The molecule has 0 saturated carbocycles. The number of aliphatic imine (C=N–C) groups is 1. The zero-order valence-electron chi connectivity index (χ0n) is 10.6. The Hall–Kier alpha value is -1.91. The number of hydrogen-bond donors (Lipinski definition) is 1. The number of rotatable bonds is 3. The molecule has 98 valence electrons. The lowest BCUT2D eigenvalue weighted by atomic mass is 9.95. The molecule has 1 aliphatic rings. The Kier molecular flexibility index (Phi) is 2.72. The van der Waals surface area contributed by atoms with E-state index in [1.54, 1.807) is 22.7 Å². The number of allylic oxidation sites excluding steroid dienone is 1. The maximum atomic E-state index is 4.72. The SMILES string of the molecule is C1=CC(c2ccc(-c3cccs3)[nH]2)(c2cccs2)N=C1. The lowest BCUT2D eigenvalue weighted by Gasteiger charge is -2.21. The zero-order valence-corrected chi connectivity index (χ0v) is 12.2. The first-order valence-corrected chi connectivity index (χ1v) is 8.15. The third-order valence-corrected chi connectivity index (χ3v) is 5.38. The summed E-state index contributed by atoms with van der Waals surface area (Å²) in [6, 6.07) is 12.7. The van der Waals surface area contributed by atoms with Gasteiger partial charge in [-0.05, 0) is 47.2 Å². The van der Waals surface area contributed by atoms with E-state index < -0.39 is 0 Å². The number of aromatic amines is 1. The lowest BCUT2D eigenvalue weighted by Crippen LogP contribution is -2.19. The molecule has 1 unspecified atom stereocenters. The van der Waals surface area contributed by atoms with Crippen molar-refractivity contribution >= 4 is 28.9 Å². The Labute approximate surface area is 125 Å². The molecule has 4 heteroatoms. The highest BCUT2D eigenvalue weighted by atomic mass is 32.1. The minimum atomic E-state index is -0.371. The van der Waals surface area contributed by atoms with E-state index in [0.717, 1.165) is 11.4 Å². The lowest BCUT2D eigenvalue weighted by molar-refractivity contribution is 0.694. The van der Waals surface area contributed by atoms with Crippen LogP contribution in [0.5, 0.6) is 0 Å². The molecule has 20 heavy (non-hydrogen) atoms. The van der Waals surface area contributed by atoms with Crippen LogP contribution in [-0.4, -0.2) is 11.2 Å². The average molecular weight is 296 g/mol. The Morgan fingerprint density at radius 1 is 1.00 bits per heavy atom. The molecular formula is C16H12N2S2. The fraction of sp³-hybridized carbons (Fsp3) is 0.0625. The predicted molar refractivity (Wildman–Crippen MR) is 86.8 cm³/mol. The molecule has 4 heterocycles. The van der Waals surface area contributed by atoms with Gasteiger partial charge in [0, 0.05) is 11.1 Å². The largest absolute Gasteiger partial charge is 0.355 e. The highest BCUT2D eigenvalue weighted by Crippen LogP contribution is 2.40.